The molecule has 1 fully saturated rings. The van der Waals surface area contributed by atoms with Crippen LogP contribution in [0.15, 0.2) is 54.6 Å². The van der Waals surface area contributed by atoms with Crippen LogP contribution in [0.2, 0.25) is 0 Å². The van der Waals surface area contributed by atoms with Crippen LogP contribution in [0.25, 0.3) is 11.0 Å². The minimum absolute atomic E-state index is 0.894. The summed E-state index contributed by atoms with van der Waals surface area (Å²) in [6, 6.07) is 19.3. The lowest BCUT2D eigenvalue weighted by Gasteiger charge is -2.23. The van der Waals surface area contributed by atoms with Gasteiger partial charge in [-0.1, -0.05) is 42.5 Å². The third-order valence-electron chi connectivity index (χ3n) is 4.90. The van der Waals surface area contributed by atoms with Crippen LogP contribution >= 0.6 is 0 Å². The first-order valence-corrected chi connectivity index (χ1v) is 8.85. The van der Waals surface area contributed by atoms with Gasteiger partial charge in [0.25, 0.3) is 5.82 Å². The lowest BCUT2D eigenvalue weighted by Crippen LogP contribution is -3.14. The van der Waals surface area contributed by atoms with E-state index < -0.39 is 0 Å². The maximum atomic E-state index is 5.48. The van der Waals surface area contributed by atoms with E-state index >= 15 is 0 Å². The van der Waals surface area contributed by atoms with Gasteiger partial charge < -0.3 is 9.64 Å². The van der Waals surface area contributed by atoms with Crippen molar-refractivity contribution < 1.29 is 14.2 Å². The van der Waals surface area contributed by atoms with Crippen molar-refractivity contribution in [3.63, 3.8) is 0 Å². The number of nitrogens with zero attached hydrogens (tertiary/aromatic N) is 1. The first kappa shape index (κ1) is 15.4. The van der Waals surface area contributed by atoms with Gasteiger partial charge in [0.1, 0.15) is 26.2 Å². The molecule has 24 heavy (non-hydrogen) atoms. The number of hydrogen-bond donors (Lipinski definition) is 2. The van der Waals surface area contributed by atoms with Gasteiger partial charge in [0.15, 0.2) is 11.0 Å². The molecule has 1 aliphatic heterocycles. The Labute approximate surface area is 142 Å². The zero-order valence-corrected chi connectivity index (χ0v) is 14.0. The van der Waals surface area contributed by atoms with Crippen LogP contribution in [-0.4, -0.2) is 37.8 Å². The van der Waals surface area contributed by atoms with E-state index in [1.165, 1.54) is 22.4 Å². The molecule has 2 aromatic carbocycles. The highest BCUT2D eigenvalue weighted by atomic mass is 16.5. The zero-order valence-electron chi connectivity index (χ0n) is 14.0. The average molecular weight is 323 g/mol. The summed E-state index contributed by atoms with van der Waals surface area (Å²) in [6.07, 6.45) is 0.938. The van der Waals surface area contributed by atoms with Crippen LogP contribution in [-0.2, 0) is 17.7 Å². The van der Waals surface area contributed by atoms with Gasteiger partial charge in [-0.05, 0) is 17.7 Å². The molecule has 0 spiro atoms. The summed E-state index contributed by atoms with van der Waals surface area (Å²) in [4.78, 5) is 5.27. The second-order valence-corrected chi connectivity index (χ2v) is 6.52. The summed E-state index contributed by atoms with van der Waals surface area (Å²) in [5.41, 5.74) is 3.87. The number of hydrogen-bond acceptors (Lipinski definition) is 1. The van der Waals surface area contributed by atoms with E-state index in [0.717, 1.165) is 45.8 Å². The molecule has 0 bridgehead atoms. The fourth-order valence-corrected chi connectivity index (χ4v) is 3.55. The topological polar surface area (TPSA) is 33.3 Å². The van der Waals surface area contributed by atoms with Gasteiger partial charge in [0.05, 0.1) is 19.6 Å². The largest absolute Gasteiger partial charge is 0.370 e. The molecule has 3 aromatic rings. The molecular formula is C20H25N3O+2. The highest BCUT2D eigenvalue weighted by molar-refractivity contribution is 5.71. The Balaban J connectivity index is 1.60. The number of rotatable bonds is 5. The highest BCUT2D eigenvalue weighted by Gasteiger charge is 2.21. The molecule has 2 heterocycles. The zero-order chi connectivity index (χ0) is 16.2. The highest BCUT2D eigenvalue weighted by Crippen LogP contribution is 2.12. The molecule has 0 saturated carbocycles. The van der Waals surface area contributed by atoms with Gasteiger partial charge in [-0.15, -0.1) is 0 Å². The van der Waals surface area contributed by atoms with Gasteiger partial charge >= 0.3 is 0 Å². The van der Waals surface area contributed by atoms with Crippen molar-refractivity contribution in [2.45, 2.75) is 13.0 Å². The molecule has 0 unspecified atom stereocenters. The van der Waals surface area contributed by atoms with Crippen LogP contribution in [0.3, 0.4) is 0 Å². The van der Waals surface area contributed by atoms with Crippen molar-refractivity contribution in [2.75, 3.05) is 32.8 Å². The molecule has 2 N–H and O–H groups in total. The monoisotopic (exact) mass is 323 g/mol. The molecule has 1 saturated heterocycles. The van der Waals surface area contributed by atoms with E-state index in [1.54, 1.807) is 4.90 Å². The van der Waals surface area contributed by atoms with E-state index in [4.69, 9.17) is 4.74 Å². The normalized spacial score (nSPS) is 15.8. The number of nitrogens with one attached hydrogen (secondary N) is 2. The third-order valence-corrected chi connectivity index (χ3v) is 4.90. The van der Waals surface area contributed by atoms with Crippen molar-refractivity contribution >= 4 is 11.0 Å². The molecule has 0 amide bonds. The number of imidazole rings is 1. The van der Waals surface area contributed by atoms with E-state index in [1.807, 2.05) is 0 Å². The van der Waals surface area contributed by atoms with Gasteiger partial charge in [-0.3, -0.25) is 0 Å². The van der Waals surface area contributed by atoms with E-state index in [-0.39, 0.29) is 0 Å². The van der Waals surface area contributed by atoms with Crippen molar-refractivity contribution in [2.24, 2.45) is 0 Å². The number of morpholine rings is 1. The van der Waals surface area contributed by atoms with Crippen LogP contribution in [0.5, 0.6) is 0 Å². The van der Waals surface area contributed by atoms with Crippen molar-refractivity contribution in [1.29, 1.82) is 0 Å². The lowest BCUT2D eigenvalue weighted by atomic mass is 10.1. The summed E-state index contributed by atoms with van der Waals surface area (Å²) in [5, 5.41) is 0. The Kier molecular flexibility index (Phi) is 4.58. The summed E-state index contributed by atoms with van der Waals surface area (Å²) < 4.78 is 7.94. The molecule has 4 rings (SSSR count). The molecular weight excluding hydrogens is 298 g/mol. The van der Waals surface area contributed by atoms with Gasteiger partial charge in [0.2, 0.25) is 0 Å². The third kappa shape index (κ3) is 3.35. The number of quaternary nitrogens is 1. The molecule has 124 valence electrons. The van der Waals surface area contributed by atoms with Crippen LogP contribution in [0, 0.1) is 0 Å². The molecule has 1 aliphatic rings. The maximum Gasteiger partial charge on any atom is 0.259 e. The molecule has 4 nitrogen and oxygen atoms in total. The number of benzene rings is 2. The lowest BCUT2D eigenvalue weighted by molar-refractivity contribution is -0.924. The number of aromatic nitrogens is 2. The Morgan fingerprint density at radius 2 is 1.71 bits per heavy atom. The first-order valence-electron chi connectivity index (χ1n) is 8.85. The molecule has 0 atom stereocenters. The second-order valence-electron chi connectivity index (χ2n) is 6.52. The van der Waals surface area contributed by atoms with Crippen molar-refractivity contribution in [3.05, 3.63) is 66.0 Å². The predicted octanol–water partition coefficient (Wildman–Crippen LogP) is 0.961. The van der Waals surface area contributed by atoms with E-state index in [0.29, 0.717) is 0 Å². The molecule has 0 radical (unpaired) electrons. The first-order chi connectivity index (χ1) is 11.9. The Morgan fingerprint density at radius 3 is 2.54 bits per heavy atom. The fourth-order valence-electron chi connectivity index (χ4n) is 3.55. The standard InChI is InChI=1S/C20H23N3O/c1-2-6-17(7-3-1)16-20-21-18-8-4-5-9-19(18)23(20)11-10-22-12-14-24-15-13-22/h1-9H,10-16H2/p+2. The summed E-state index contributed by atoms with van der Waals surface area (Å²) >= 11 is 0. The minimum atomic E-state index is 0.894. The van der Waals surface area contributed by atoms with Crippen LogP contribution in [0.4, 0.5) is 0 Å². The molecule has 0 aliphatic carbocycles. The number of para-hydroxylation sites is 2. The van der Waals surface area contributed by atoms with Crippen LogP contribution in [0.1, 0.15) is 11.4 Å². The van der Waals surface area contributed by atoms with Gasteiger partial charge in [0, 0.05) is 0 Å². The Morgan fingerprint density at radius 1 is 0.958 bits per heavy atom. The minimum Gasteiger partial charge on any atom is -0.370 e. The number of ether oxygens (including phenoxy) is 1. The number of fused-ring (bicyclic) bond motifs is 1. The van der Waals surface area contributed by atoms with Crippen molar-refractivity contribution in [1.82, 2.24) is 4.98 Å². The number of aromatic amines is 1. The maximum absolute atomic E-state index is 5.48. The summed E-state index contributed by atoms with van der Waals surface area (Å²) in [7, 11) is 0. The van der Waals surface area contributed by atoms with Crippen molar-refractivity contribution in [3.8, 4) is 0 Å². The summed E-state index contributed by atoms with van der Waals surface area (Å²) in [6.45, 7) is 6.22. The summed E-state index contributed by atoms with van der Waals surface area (Å²) in [5.74, 6) is 1.29. The van der Waals surface area contributed by atoms with E-state index in [9.17, 15) is 0 Å². The van der Waals surface area contributed by atoms with E-state index in [2.05, 4.69) is 64.1 Å². The molecule has 1 aromatic heterocycles. The molecule has 4 heteroatoms. The predicted molar refractivity (Wildman–Crippen MR) is 94.1 cm³/mol. The Bertz CT molecular complexity index is 791. The fraction of sp³-hybridized carbons (Fsp3) is 0.350. The van der Waals surface area contributed by atoms with Crippen LogP contribution < -0.4 is 9.47 Å². The average Bonchev–Trinajstić information content (AvgIpc) is 2.99. The smallest absolute Gasteiger partial charge is 0.259 e. The van der Waals surface area contributed by atoms with Gasteiger partial charge in [-0.25, -0.2) is 9.55 Å². The second kappa shape index (κ2) is 7.16. The number of H-pyrrole nitrogens is 1. The Hall–Kier alpha value is -2.17. The SMILES string of the molecule is c1ccc(Cc2[nH]c3ccccc3[n+]2CC[NH+]2CCOCC2)cc1. The van der Waals surface area contributed by atoms with Gasteiger partial charge in [-0.2, -0.15) is 0 Å². The quantitative estimate of drug-likeness (QED) is 0.674.